The van der Waals surface area contributed by atoms with Gasteiger partial charge in [0.15, 0.2) is 11.2 Å². The second-order valence-corrected chi connectivity index (χ2v) is 7.44. The zero-order valence-electron chi connectivity index (χ0n) is 17.1. The largest absolute Gasteiger partial charge is 0.488 e. The Labute approximate surface area is 187 Å². The fraction of sp³-hybridized carbons (Fsp3) is 0.227. The first-order chi connectivity index (χ1) is 15.4. The van der Waals surface area contributed by atoms with Crippen LogP contribution in [-0.2, 0) is 13.1 Å². The first-order valence-electron chi connectivity index (χ1n) is 9.92. The molecule has 2 aromatic carbocycles. The van der Waals surface area contributed by atoms with Crippen molar-refractivity contribution in [3.8, 4) is 5.75 Å². The fourth-order valence-corrected chi connectivity index (χ4v) is 3.40. The third kappa shape index (κ3) is 4.72. The number of nitrogens with zero attached hydrogens (tertiary/aromatic N) is 4. The number of hydrogen-bond acceptors (Lipinski definition) is 5. The van der Waals surface area contributed by atoms with Gasteiger partial charge in [0.2, 0.25) is 5.95 Å². The van der Waals surface area contributed by atoms with Crippen LogP contribution in [0.3, 0.4) is 0 Å². The van der Waals surface area contributed by atoms with E-state index in [4.69, 9.17) is 16.3 Å². The number of benzene rings is 2. The number of fused-ring (bicyclic) bond motifs is 1. The zero-order chi connectivity index (χ0) is 22.7. The maximum Gasteiger partial charge on any atom is 0.300 e. The van der Waals surface area contributed by atoms with Gasteiger partial charge < -0.3 is 14.6 Å². The van der Waals surface area contributed by atoms with E-state index in [9.17, 15) is 13.6 Å². The Bertz CT molecular complexity index is 1270. The van der Waals surface area contributed by atoms with E-state index in [1.165, 1.54) is 0 Å². The number of anilines is 2. The van der Waals surface area contributed by atoms with E-state index in [2.05, 4.69) is 15.3 Å². The summed E-state index contributed by atoms with van der Waals surface area (Å²) < 4.78 is 33.2. The van der Waals surface area contributed by atoms with Crippen molar-refractivity contribution in [1.82, 2.24) is 19.1 Å². The van der Waals surface area contributed by atoms with Gasteiger partial charge >= 0.3 is 5.56 Å². The van der Waals surface area contributed by atoms with Crippen LogP contribution in [0.1, 0.15) is 12.5 Å². The Morgan fingerprint density at radius 2 is 1.84 bits per heavy atom. The van der Waals surface area contributed by atoms with E-state index in [-0.39, 0.29) is 0 Å². The predicted octanol–water partition coefficient (Wildman–Crippen LogP) is 4.70. The molecule has 4 aromatic rings. The molecule has 0 radical (unpaired) electrons. The number of aromatic nitrogens is 4. The van der Waals surface area contributed by atoms with Gasteiger partial charge in [0.25, 0.3) is 6.43 Å². The third-order valence-corrected chi connectivity index (χ3v) is 5.07. The molecule has 1 N–H and O–H groups in total. The smallest absolute Gasteiger partial charge is 0.300 e. The van der Waals surface area contributed by atoms with Crippen LogP contribution in [0.5, 0.6) is 5.75 Å². The number of imidazole rings is 1. The van der Waals surface area contributed by atoms with Crippen molar-refractivity contribution in [3.63, 3.8) is 0 Å². The highest BCUT2D eigenvalue weighted by Crippen LogP contribution is 2.22. The number of hydrogen-bond donors (Lipinski definition) is 1. The van der Waals surface area contributed by atoms with Crippen molar-refractivity contribution >= 4 is 34.4 Å². The molecule has 2 aromatic heterocycles. The monoisotopic (exact) mass is 459 g/mol. The summed E-state index contributed by atoms with van der Waals surface area (Å²) in [4.78, 5) is 21.5. The van der Waals surface area contributed by atoms with Crippen molar-refractivity contribution < 1.29 is 13.5 Å². The summed E-state index contributed by atoms with van der Waals surface area (Å²) in [6.45, 7) is 2.24. The minimum atomic E-state index is -2.55. The Kier molecular flexibility index (Phi) is 6.36. The quantitative estimate of drug-likeness (QED) is 0.413. The van der Waals surface area contributed by atoms with Gasteiger partial charge in [-0.1, -0.05) is 23.7 Å². The van der Waals surface area contributed by atoms with Crippen molar-refractivity contribution in [2.24, 2.45) is 0 Å². The number of ether oxygens (including phenoxy) is 1. The topological polar surface area (TPSA) is 74.0 Å². The second-order valence-electron chi connectivity index (χ2n) is 7.01. The Balaban J connectivity index is 1.71. The van der Waals surface area contributed by atoms with Crippen LogP contribution >= 0.6 is 11.6 Å². The first kappa shape index (κ1) is 21.8. The van der Waals surface area contributed by atoms with E-state index in [1.807, 2.05) is 23.6 Å². The van der Waals surface area contributed by atoms with Crippen LogP contribution in [0.2, 0.25) is 5.02 Å². The molecule has 0 aliphatic heterocycles. The average molecular weight is 460 g/mol. The lowest BCUT2D eigenvalue weighted by Gasteiger charge is -2.15. The highest BCUT2D eigenvalue weighted by Gasteiger charge is 2.16. The summed E-state index contributed by atoms with van der Waals surface area (Å²) in [6.07, 6.45) is -0.931. The molecule has 0 saturated heterocycles. The van der Waals surface area contributed by atoms with E-state index >= 15 is 0 Å². The Morgan fingerprint density at radius 3 is 2.50 bits per heavy atom. The molecule has 7 nitrogen and oxygen atoms in total. The molecule has 0 saturated carbocycles. The number of halogens is 3. The summed E-state index contributed by atoms with van der Waals surface area (Å²) in [5, 5.41) is 3.75. The summed E-state index contributed by atoms with van der Waals surface area (Å²) >= 11 is 6.00. The molecule has 166 valence electrons. The Hall–Kier alpha value is -3.46. The van der Waals surface area contributed by atoms with Crippen LogP contribution in [0, 0.1) is 0 Å². The summed E-state index contributed by atoms with van der Waals surface area (Å²) in [7, 11) is 0. The highest BCUT2D eigenvalue weighted by atomic mass is 35.5. The molecule has 0 unspecified atom stereocenters. The molecule has 0 fully saturated rings. The Morgan fingerprint density at radius 1 is 1.12 bits per heavy atom. The van der Waals surface area contributed by atoms with Gasteiger partial charge in [0.1, 0.15) is 12.4 Å². The lowest BCUT2D eigenvalue weighted by atomic mass is 10.2. The first-order valence-corrected chi connectivity index (χ1v) is 10.3. The second kappa shape index (κ2) is 9.35. The van der Waals surface area contributed by atoms with Crippen LogP contribution < -0.4 is 15.6 Å². The lowest BCUT2D eigenvalue weighted by Crippen LogP contribution is -2.20. The number of alkyl halides is 2. The number of aryl methyl sites for hydroxylation is 1. The zero-order valence-corrected chi connectivity index (χ0v) is 17.9. The van der Waals surface area contributed by atoms with E-state index < -0.39 is 18.6 Å². The van der Waals surface area contributed by atoms with Gasteiger partial charge in [-0.2, -0.15) is 4.98 Å². The molecule has 32 heavy (non-hydrogen) atoms. The van der Waals surface area contributed by atoms with Crippen molar-refractivity contribution in [1.29, 1.82) is 0 Å². The fourth-order valence-electron chi connectivity index (χ4n) is 3.28. The molecule has 0 amide bonds. The molecule has 2 heterocycles. The maximum absolute atomic E-state index is 12.7. The molecular formula is C22H20ClF2N5O2. The number of rotatable bonds is 8. The summed E-state index contributed by atoms with van der Waals surface area (Å²) in [5.41, 5.74) is 2.08. The maximum atomic E-state index is 12.7. The molecule has 0 aliphatic carbocycles. The molecule has 0 spiro atoms. The summed E-state index contributed by atoms with van der Waals surface area (Å²) in [5.74, 6) is 0.625. The standard InChI is InChI=1S/C22H20ClF2N5O2/c1-2-29-13-26-20-19(29)21(31)28-22(30(20)11-14-3-5-15(23)6-4-14)27-16-7-9-17(10-8-16)32-12-18(24)25/h3-10,13,18H,2,11-12H2,1H3,(H,27,28,31). The van der Waals surface area contributed by atoms with Gasteiger partial charge in [-0.25, -0.2) is 13.8 Å². The minimum Gasteiger partial charge on any atom is -0.488 e. The van der Waals surface area contributed by atoms with Gasteiger partial charge in [0, 0.05) is 17.3 Å². The van der Waals surface area contributed by atoms with Gasteiger partial charge in [-0.05, 0) is 48.9 Å². The molecule has 0 bridgehead atoms. The molecule has 0 atom stereocenters. The van der Waals surface area contributed by atoms with Gasteiger partial charge in [0.05, 0.1) is 12.9 Å². The van der Waals surface area contributed by atoms with Gasteiger partial charge in [-0.3, -0.25) is 9.36 Å². The average Bonchev–Trinajstić information content (AvgIpc) is 3.22. The SMILES string of the molecule is CCn1cnc2c1c(=O)nc(Nc1ccc(OCC(F)F)cc1)n2Cc1ccc(Cl)cc1. The van der Waals surface area contributed by atoms with Crippen LogP contribution in [0.15, 0.2) is 59.7 Å². The van der Waals surface area contributed by atoms with Crippen molar-refractivity contribution in [3.05, 3.63) is 75.8 Å². The molecular weight excluding hydrogens is 440 g/mol. The highest BCUT2D eigenvalue weighted by molar-refractivity contribution is 6.30. The minimum absolute atomic E-state index is 0.306. The van der Waals surface area contributed by atoms with Crippen LogP contribution in [0.25, 0.3) is 11.2 Å². The number of nitrogens with one attached hydrogen (secondary N) is 1. The molecule has 0 aliphatic rings. The van der Waals surface area contributed by atoms with E-state index in [0.717, 1.165) is 5.56 Å². The van der Waals surface area contributed by atoms with Crippen LogP contribution in [-0.4, -0.2) is 32.1 Å². The molecule has 4 rings (SSSR count). The summed E-state index contributed by atoms with van der Waals surface area (Å²) in [6, 6.07) is 13.8. The molecule has 10 heteroatoms. The van der Waals surface area contributed by atoms with Gasteiger partial charge in [-0.15, -0.1) is 0 Å². The predicted molar refractivity (Wildman–Crippen MR) is 119 cm³/mol. The van der Waals surface area contributed by atoms with E-state index in [1.54, 1.807) is 47.3 Å². The van der Waals surface area contributed by atoms with Crippen molar-refractivity contribution in [2.75, 3.05) is 11.9 Å². The normalized spacial score (nSPS) is 11.3. The van der Waals surface area contributed by atoms with E-state index in [0.29, 0.717) is 46.7 Å². The van der Waals surface area contributed by atoms with Crippen molar-refractivity contribution in [2.45, 2.75) is 26.4 Å². The third-order valence-electron chi connectivity index (χ3n) is 4.82. The lowest BCUT2D eigenvalue weighted by molar-refractivity contribution is 0.0819. The van der Waals surface area contributed by atoms with Crippen LogP contribution in [0.4, 0.5) is 20.4 Å².